The molecule has 0 saturated carbocycles. The molecule has 4 N–H and O–H groups in total. The Hall–Kier alpha value is -1.20. The van der Waals surface area contributed by atoms with Crippen molar-refractivity contribution in [2.24, 2.45) is 10.4 Å². The zero-order valence-electron chi connectivity index (χ0n) is 16.0. The third kappa shape index (κ3) is 6.72. The zero-order valence-corrected chi connectivity index (χ0v) is 17.6. The maximum absolute atomic E-state index is 12.2. The molecule has 1 aromatic rings. The van der Waals surface area contributed by atoms with E-state index in [0.29, 0.717) is 49.4 Å². The first-order valence-electron chi connectivity index (χ1n) is 9.18. The van der Waals surface area contributed by atoms with Gasteiger partial charge in [0.1, 0.15) is 4.21 Å². The van der Waals surface area contributed by atoms with Gasteiger partial charge >= 0.3 is 0 Å². The van der Waals surface area contributed by atoms with Gasteiger partial charge in [-0.05, 0) is 38.8 Å². The Balaban J connectivity index is 1.85. The van der Waals surface area contributed by atoms with E-state index in [1.54, 1.807) is 12.1 Å². The van der Waals surface area contributed by atoms with E-state index in [0.717, 1.165) is 11.3 Å². The molecule has 154 valence electrons. The highest BCUT2D eigenvalue weighted by Crippen LogP contribution is 2.32. The Morgan fingerprint density at radius 3 is 2.78 bits per heavy atom. The predicted octanol–water partition coefficient (Wildman–Crippen LogP) is 0.679. The molecule has 1 unspecified atom stereocenters. The lowest BCUT2D eigenvalue weighted by molar-refractivity contribution is 0.131. The Bertz CT molecular complexity index is 712. The molecule has 0 aliphatic carbocycles. The molecule has 1 saturated heterocycles. The van der Waals surface area contributed by atoms with Crippen molar-refractivity contribution in [1.82, 2.24) is 15.4 Å². The first-order valence-corrected chi connectivity index (χ1v) is 11.5. The molecule has 1 fully saturated rings. The quantitative estimate of drug-likeness (QED) is 0.253. The highest BCUT2D eigenvalue weighted by Gasteiger charge is 2.34. The van der Waals surface area contributed by atoms with Crippen LogP contribution in [0.15, 0.2) is 21.3 Å². The van der Waals surface area contributed by atoms with Crippen LogP contribution in [0, 0.1) is 12.3 Å². The minimum atomic E-state index is -3.47. The van der Waals surface area contributed by atoms with Gasteiger partial charge in [0, 0.05) is 43.1 Å². The monoisotopic (exact) mass is 418 g/mol. The molecule has 0 radical (unpaired) electrons. The summed E-state index contributed by atoms with van der Waals surface area (Å²) >= 11 is 1.25. The first-order chi connectivity index (χ1) is 12.9. The number of aryl methyl sites for hydroxylation is 1. The molecule has 1 aliphatic heterocycles. The minimum absolute atomic E-state index is 0.115. The number of nitrogens with zero attached hydrogens (tertiary/aromatic N) is 1. The molecule has 2 rings (SSSR count). The van der Waals surface area contributed by atoms with Gasteiger partial charge in [-0.3, -0.25) is 4.99 Å². The van der Waals surface area contributed by atoms with Gasteiger partial charge in [0.05, 0.1) is 13.2 Å². The van der Waals surface area contributed by atoms with Crippen LogP contribution >= 0.6 is 11.3 Å². The fourth-order valence-electron chi connectivity index (χ4n) is 2.87. The van der Waals surface area contributed by atoms with Crippen LogP contribution in [0.25, 0.3) is 0 Å². The van der Waals surface area contributed by atoms with Crippen molar-refractivity contribution in [2.75, 3.05) is 46.0 Å². The van der Waals surface area contributed by atoms with Crippen LogP contribution in [0.3, 0.4) is 0 Å². The summed E-state index contributed by atoms with van der Waals surface area (Å²) in [5.41, 5.74) is -0.115. The molecular formula is C17H30N4O4S2. The van der Waals surface area contributed by atoms with Crippen LogP contribution in [0.1, 0.15) is 24.6 Å². The number of thiophene rings is 1. The summed E-state index contributed by atoms with van der Waals surface area (Å²) in [6.45, 7) is 7.21. The second-order valence-electron chi connectivity index (χ2n) is 6.66. The molecule has 10 heteroatoms. The van der Waals surface area contributed by atoms with Gasteiger partial charge in [-0.1, -0.05) is 0 Å². The standard InChI is InChI=1S/C17H30N4O4S2/c1-3-18-16(20-12-17(6-10-22)7-11-25-13-17)19-8-9-21-27(23,24)15-5-4-14(2)26-15/h4-5,21-22H,3,6-13H2,1-2H3,(H2,18,19,20). The molecule has 2 heterocycles. The number of hydrogen-bond donors (Lipinski definition) is 4. The lowest BCUT2D eigenvalue weighted by atomic mass is 9.84. The van der Waals surface area contributed by atoms with Crippen LogP contribution < -0.4 is 15.4 Å². The number of aliphatic hydroxyl groups excluding tert-OH is 1. The molecule has 1 aliphatic rings. The van der Waals surface area contributed by atoms with E-state index < -0.39 is 10.0 Å². The van der Waals surface area contributed by atoms with E-state index in [1.807, 2.05) is 13.8 Å². The molecule has 1 atom stereocenters. The van der Waals surface area contributed by atoms with Crippen LogP contribution in [-0.2, 0) is 14.8 Å². The average molecular weight is 419 g/mol. The highest BCUT2D eigenvalue weighted by molar-refractivity contribution is 7.91. The molecule has 0 amide bonds. The van der Waals surface area contributed by atoms with Gasteiger partial charge in [-0.2, -0.15) is 0 Å². The van der Waals surface area contributed by atoms with E-state index >= 15 is 0 Å². The number of sulfonamides is 1. The second-order valence-corrected chi connectivity index (χ2v) is 9.94. The van der Waals surface area contributed by atoms with Crippen molar-refractivity contribution in [2.45, 2.75) is 30.9 Å². The lowest BCUT2D eigenvalue weighted by Gasteiger charge is -2.24. The first kappa shape index (κ1) is 22.1. The van der Waals surface area contributed by atoms with Crippen molar-refractivity contribution in [3.8, 4) is 0 Å². The van der Waals surface area contributed by atoms with Gasteiger partial charge < -0.3 is 20.5 Å². The summed E-state index contributed by atoms with van der Waals surface area (Å²) in [4.78, 5) is 5.57. The van der Waals surface area contributed by atoms with Gasteiger partial charge in [0.15, 0.2) is 5.96 Å². The van der Waals surface area contributed by atoms with Crippen molar-refractivity contribution in [1.29, 1.82) is 0 Å². The normalized spacial score (nSPS) is 20.8. The van der Waals surface area contributed by atoms with Crippen LogP contribution in [0.4, 0.5) is 0 Å². The topological polar surface area (TPSA) is 112 Å². The van der Waals surface area contributed by atoms with Crippen molar-refractivity contribution in [3.05, 3.63) is 17.0 Å². The van der Waals surface area contributed by atoms with E-state index in [1.165, 1.54) is 11.3 Å². The predicted molar refractivity (Wildman–Crippen MR) is 108 cm³/mol. The summed E-state index contributed by atoms with van der Waals surface area (Å²) in [6.07, 6.45) is 1.55. The van der Waals surface area contributed by atoms with Gasteiger partial charge in [0.2, 0.25) is 10.0 Å². The van der Waals surface area contributed by atoms with E-state index in [9.17, 15) is 13.5 Å². The number of aliphatic imine (C=N–C) groups is 1. The Kier molecular flexibility index (Phi) is 8.49. The fourth-order valence-corrected chi connectivity index (χ4v) is 5.23. The molecule has 8 nitrogen and oxygen atoms in total. The van der Waals surface area contributed by atoms with E-state index in [2.05, 4.69) is 20.3 Å². The summed E-state index contributed by atoms with van der Waals surface area (Å²) in [5, 5.41) is 15.6. The lowest BCUT2D eigenvalue weighted by Crippen LogP contribution is -2.42. The van der Waals surface area contributed by atoms with Gasteiger partial charge in [0.25, 0.3) is 0 Å². The third-order valence-corrected chi connectivity index (χ3v) is 7.39. The van der Waals surface area contributed by atoms with Gasteiger partial charge in [-0.15, -0.1) is 11.3 Å². The third-order valence-electron chi connectivity index (χ3n) is 4.43. The summed E-state index contributed by atoms with van der Waals surface area (Å²) in [5.74, 6) is 0.632. The Morgan fingerprint density at radius 1 is 1.37 bits per heavy atom. The minimum Gasteiger partial charge on any atom is -0.396 e. The van der Waals surface area contributed by atoms with Crippen LogP contribution in [0.5, 0.6) is 0 Å². The van der Waals surface area contributed by atoms with E-state index in [4.69, 9.17) is 4.74 Å². The largest absolute Gasteiger partial charge is 0.396 e. The molecule has 0 bridgehead atoms. The number of ether oxygens (including phenoxy) is 1. The molecule has 0 spiro atoms. The van der Waals surface area contributed by atoms with Crippen molar-refractivity contribution >= 4 is 27.3 Å². The van der Waals surface area contributed by atoms with Crippen LogP contribution in [-0.4, -0.2) is 65.5 Å². The van der Waals surface area contributed by atoms with Crippen molar-refractivity contribution < 1.29 is 18.3 Å². The molecule has 1 aromatic heterocycles. The number of nitrogens with one attached hydrogen (secondary N) is 3. The SMILES string of the molecule is CCNC(=NCC1(CCO)CCOC1)NCCNS(=O)(=O)c1ccc(C)s1. The highest BCUT2D eigenvalue weighted by atomic mass is 32.2. The smallest absolute Gasteiger partial charge is 0.250 e. The molecule has 27 heavy (non-hydrogen) atoms. The number of guanidine groups is 1. The Labute approximate surface area is 165 Å². The fraction of sp³-hybridized carbons (Fsp3) is 0.706. The van der Waals surface area contributed by atoms with Crippen LogP contribution in [0.2, 0.25) is 0 Å². The average Bonchev–Trinajstić information content (AvgIpc) is 3.27. The summed E-state index contributed by atoms with van der Waals surface area (Å²) < 4.78 is 32.8. The molecule has 0 aromatic carbocycles. The second kappa shape index (κ2) is 10.4. The van der Waals surface area contributed by atoms with Crippen molar-refractivity contribution in [3.63, 3.8) is 0 Å². The number of hydrogen-bond acceptors (Lipinski definition) is 6. The summed E-state index contributed by atoms with van der Waals surface area (Å²) in [7, 11) is -3.47. The van der Waals surface area contributed by atoms with E-state index in [-0.39, 0.29) is 18.6 Å². The van der Waals surface area contributed by atoms with Gasteiger partial charge in [-0.25, -0.2) is 13.1 Å². The molecular weight excluding hydrogens is 388 g/mol. The number of aliphatic hydroxyl groups is 1. The zero-order chi connectivity index (χ0) is 19.8. The Morgan fingerprint density at radius 2 is 2.19 bits per heavy atom. The maximum atomic E-state index is 12.2. The summed E-state index contributed by atoms with van der Waals surface area (Å²) in [6, 6.07) is 3.41. The number of rotatable bonds is 10. The maximum Gasteiger partial charge on any atom is 0.250 e.